The normalized spacial score (nSPS) is 10.3. The third-order valence-electron chi connectivity index (χ3n) is 2.63. The fourth-order valence-electron chi connectivity index (χ4n) is 1.30. The van der Waals surface area contributed by atoms with E-state index in [4.69, 9.17) is 5.26 Å². The Balaban J connectivity index is 4.42. The standard InChI is InChI=1S/C12H20N2O/c1-5-12(6-2,9-13)11(15)14-8-7-10(3)4/h7H,5-6,8H2,1-4H3,(H,14,15). The van der Waals surface area contributed by atoms with Gasteiger partial charge in [0.05, 0.1) is 6.07 Å². The fraction of sp³-hybridized carbons (Fsp3) is 0.667. The van der Waals surface area contributed by atoms with Crippen molar-refractivity contribution in [2.24, 2.45) is 5.41 Å². The highest BCUT2D eigenvalue weighted by Gasteiger charge is 2.34. The van der Waals surface area contributed by atoms with Gasteiger partial charge in [-0.25, -0.2) is 0 Å². The molecule has 0 aromatic heterocycles. The summed E-state index contributed by atoms with van der Waals surface area (Å²) >= 11 is 0. The second kappa shape index (κ2) is 6.23. The first kappa shape index (κ1) is 13.7. The first-order chi connectivity index (χ1) is 7.02. The molecule has 0 heterocycles. The van der Waals surface area contributed by atoms with E-state index in [0.29, 0.717) is 19.4 Å². The summed E-state index contributed by atoms with van der Waals surface area (Å²) in [6, 6.07) is 2.12. The molecule has 0 spiro atoms. The van der Waals surface area contributed by atoms with Crippen LogP contribution in [0, 0.1) is 16.7 Å². The molecular formula is C12H20N2O. The maximum atomic E-state index is 11.8. The van der Waals surface area contributed by atoms with Gasteiger partial charge >= 0.3 is 0 Å². The Bertz CT molecular complexity index is 278. The van der Waals surface area contributed by atoms with E-state index in [-0.39, 0.29) is 5.91 Å². The van der Waals surface area contributed by atoms with Gasteiger partial charge in [-0.1, -0.05) is 25.5 Å². The molecule has 0 saturated heterocycles. The number of rotatable bonds is 5. The van der Waals surface area contributed by atoms with Crippen LogP contribution in [0.25, 0.3) is 0 Å². The SMILES string of the molecule is CCC(C#N)(CC)C(=O)NCC=C(C)C. The first-order valence-electron chi connectivity index (χ1n) is 5.35. The van der Waals surface area contributed by atoms with Crippen LogP contribution in [0.2, 0.25) is 0 Å². The molecule has 0 atom stereocenters. The highest BCUT2D eigenvalue weighted by molar-refractivity contribution is 5.85. The van der Waals surface area contributed by atoms with Gasteiger partial charge in [-0.15, -0.1) is 0 Å². The average Bonchev–Trinajstić information content (AvgIpc) is 2.21. The molecule has 84 valence electrons. The number of allylic oxidation sites excluding steroid dienone is 1. The van der Waals surface area contributed by atoms with E-state index in [9.17, 15) is 4.79 Å². The zero-order valence-electron chi connectivity index (χ0n) is 10.1. The van der Waals surface area contributed by atoms with Crippen molar-refractivity contribution in [3.05, 3.63) is 11.6 Å². The Kier molecular flexibility index (Phi) is 5.69. The Morgan fingerprint density at radius 3 is 2.27 bits per heavy atom. The molecule has 3 heteroatoms. The molecule has 0 bridgehead atoms. The summed E-state index contributed by atoms with van der Waals surface area (Å²) in [5.41, 5.74) is 0.306. The number of nitrogens with one attached hydrogen (secondary N) is 1. The van der Waals surface area contributed by atoms with Crippen LogP contribution in [0.15, 0.2) is 11.6 Å². The molecule has 3 nitrogen and oxygen atoms in total. The third kappa shape index (κ3) is 3.75. The average molecular weight is 208 g/mol. The molecule has 0 aliphatic rings. The summed E-state index contributed by atoms with van der Waals surface area (Å²) in [6.07, 6.45) is 3.05. The third-order valence-corrected chi connectivity index (χ3v) is 2.63. The van der Waals surface area contributed by atoms with Gasteiger partial charge in [0.2, 0.25) is 5.91 Å². The Hall–Kier alpha value is -1.30. The Morgan fingerprint density at radius 1 is 1.40 bits per heavy atom. The zero-order valence-corrected chi connectivity index (χ0v) is 10.1. The molecule has 0 radical (unpaired) electrons. The fourth-order valence-corrected chi connectivity index (χ4v) is 1.30. The number of nitrogens with zero attached hydrogens (tertiary/aromatic N) is 1. The quantitative estimate of drug-likeness (QED) is 0.705. The van der Waals surface area contributed by atoms with Gasteiger partial charge in [0, 0.05) is 6.54 Å². The summed E-state index contributed by atoms with van der Waals surface area (Å²) in [6.45, 7) is 8.19. The van der Waals surface area contributed by atoms with Crippen LogP contribution in [-0.2, 0) is 4.79 Å². The monoisotopic (exact) mass is 208 g/mol. The van der Waals surface area contributed by atoms with Crippen LogP contribution in [0.5, 0.6) is 0 Å². The molecule has 0 aliphatic heterocycles. The Morgan fingerprint density at radius 2 is 1.93 bits per heavy atom. The minimum Gasteiger partial charge on any atom is -0.351 e. The van der Waals surface area contributed by atoms with Gasteiger partial charge < -0.3 is 5.32 Å². The van der Waals surface area contributed by atoms with E-state index in [0.717, 1.165) is 5.57 Å². The second-order valence-corrected chi connectivity index (χ2v) is 3.89. The molecular weight excluding hydrogens is 188 g/mol. The van der Waals surface area contributed by atoms with E-state index < -0.39 is 5.41 Å². The van der Waals surface area contributed by atoms with E-state index in [1.54, 1.807) is 0 Å². The predicted octanol–water partition coefficient (Wildman–Crippen LogP) is 2.40. The molecule has 0 unspecified atom stereocenters. The molecule has 0 fully saturated rings. The van der Waals surface area contributed by atoms with Crippen molar-refractivity contribution in [2.75, 3.05) is 6.54 Å². The highest BCUT2D eigenvalue weighted by Crippen LogP contribution is 2.25. The van der Waals surface area contributed by atoms with Gasteiger partial charge in [-0.3, -0.25) is 4.79 Å². The van der Waals surface area contributed by atoms with Crippen molar-refractivity contribution in [1.82, 2.24) is 5.32 Å². The van der Waals surface area contributed by atoms with Crippen molar-refractivity contribution >= 4 is 5.91 Å². The van der Waals surface area contributed by atoms with Crippen LogP contribution in [-0.4, -0.2) is 12.5 Å². The minimum absolute atomic E-state index is 0.160. The van der Waals surface area contributed by atoms with Gasteiger partial charge in [-0.05, 0) is 26.7 Å². The summed E-state index contributed by atoms with van der Waals surface area (Å²) in [5.74, 6) is -0.160. The molecule has 0 aromatic rings. The van der Waals surface area contributed by atoms with Gasteiger partial charge in [0.25, 0.3) is 0 Å². The van der Waals surface area contributed by atoms with Gasteiger partial charge in [0.15, 0.2) is 0 Å². The van der Waals surface area contributed by atoms with Crippen molar-refractivity contribution < 1.29 is 4.79 Å². The molecule has 0 aliphatic carbocycles. The smallest absolute Gasteiger partial charge is 0.240 e. The van der Waals surface area contributed by atoms with Crippen LogP contribution in [0.4, 0.5) is 0 Å². The molecule has 0 aromatic carbocycles. The maximum absolute atomic E-state index is 11.8. The van der Waals surface area contributed by atoms with Crippen molar-refractivity contribution in [2.45, 2.75) is 40.5 Å². The predicted molar refractivity (Wildman–Crippen MR) is 61.1 cm³/mol. The lowest BCUT2D eigenvalue weighted by atomic mass is 9.83. The van der Waals surface area contributed by atoms with Gasteiger partial charge in [0.1, 0.15) is 5.41 Å². The number of hydrogen-bond acceptors (Lipinski definition) is 2. The molecule has 0 saturated carbocycles. The molecule has 1 amide bonds. The topological polar surface area (TPSA) is 52.9 Å². The molecule has 15 heavy (non-hydrogen) atoms. The van der Waals surface area contributed by atoms with Crippen LogP contribution in [0.3, 0.4) is 0 Å². The number of hydrogen-bond donors (Lipinski definition) is 1. The highest BCUT2D eigenvalue weighted by atomic mass is 16.2. The molecule has 1 N–H and O–H groups in total. The van der Waals surface area contributed by atoms with Crippen molar-refractivity contribution in [3.8, 4) is 6.07 Å². The number of nitriles is 1. The van der Waals surface area contributed by atoms with Crippen LogP contribution in [0.1, 0.15) is 40.5 Å². The number of carbonyl (C=O) groups excluding carboxylic acids is 1. The van der Waals surface area contributed by atoms with Crippen molar-refractivity contribution in [1.29, 1.82) is 5.26 Å². The van der Waals surface area contributed by atoms with E-state index in [1.807, 2.05) is 33.8 Å². The summed E-state index contributed by atoms with van der Waals surface area (Å²) < 4.78 is 0. The van der Waals surface area contributed by atoms with E-state index >= 15 is 0 Å². The summed E-state index contributed by atoms with van der Waals surface area (Å²) in [7, 11) is 0. The van der Waals surface area contributed by atoms with Gasteiger partial charge in [-0.2, -0.15) is 5.26 Å². The Labute approximate surface area is 92.2 Å². The first-order valence-corrected chi connectivity index (χ1v) is 5.35. The minimum atomic E-state index is -0.852. The number of carbonyl (C=O) groups is 1. The van der Waals surface area contributed by atoms with E-state index in [2.05, 4.69) is 11.4 Å². The van der Waals surface area contributed by atoms with E-state index in [1.165, 1.54) is 0 Å². The maximum Gasteiger partial charge on any atom is 0.240 e. The molecule has 0 rings (SSSR count). The lowest BCUT2D eigenvalue weighted by Gasteiger charge is -2.21. The number of amides is 1. The lowest BCUT2D eigenvalue weighted by Crippen LogP contribution is -2.39. The summed E-state index contributed by atoms with van der Waals surface area (Å²) in [4.78, 5) is 11.8. The summed E-state index contributed by atoms with van der Waals surface area (Å²) in [5, 5.41) is 11.8. The van der Waals surface area contributed by atoms with Crippen molar-refractivity contribution in [3.63, 3.8) is 0 Å². The lowest BCUT2D eigenvalue weighted by molar-refractivity contribution is -0.128. The zero-order chi connectivity index (χ0) is 11.9. The second-order valence-electron chi connectivity index (χ2n) is 3.89. The largest absolute Gasteiger partial charge is 0.351 e. The van der Waals surface area contributed by atoms with Crippen LogP contribution >= 0.6 is 0 Å². The van der Waals surface area contributed by atoms with Crippen LogP contribution < -0.4 is 5.32 Å².